The average molecular weight is 194 g/mol. The summed E-state index contributed by atoms with van der Waals surface area (Å²) in [7, 11) is 3.11. The van der Waals surface area contributed by atoms with Gasteiger partial charge in [0.2, 0.25) is 0 Å². The monoisotopic (exact) mass is 194 g/mol. The Morgan fingerprint density at radius 2 is 1.71 bits per heavy atom. The first-order valence-electron chi connectivity index (χ1n) is 4.30. The molecule has 0 aliphatic heterocycles. The van der Waals surface area contributed by atoms with Crippen LogP contribution in [0.25, 0.3) is 5.57 Å². The van der Waals surface area contributed by atoms with Crippen molar-refractivity contribution >= 4 is 5.57 Å². The second-order valence-corrected chi connectivity index (χ2v) is 3.46. The smallest absolute Gasteiger partial charge is 0.296 e. The van der Waals surface area contributed by atoms with Gasteiger partial charge < -0.3 is 0 Å². The first kappa shape index (κ1) is 10.5. The van der Waals surface area contributed by atoms with Gasteiger partial charge in [-0.05, 0) is 19.4 Å². The van der Waals surface area contributed by atoms with E-state index in [1.807, 2.05) is 0 Å². The fourth-order valence-corrected chi connectivity index (χ4v) is 1.62. The van der Waals surface area contributed by atoms with Crippen LogP contribution in [-0.2, 0) is 14.1 Å². The molecule has 0 bridgehead atoms. The summed E-state index contributed by atoms with van der Waals surface area (Å²) in [6, 6.07) is 0. The Hall–Kier alpha value is -1.58. The van der Waals surface area contributed by atoms with Gasteiger partial charge in [0.15, 0.2) is 0 Å². The molecule has 1 rings (SSSR count). The summed E-state index contributed by atoms with van der Waals surface area (Å²) in [5.74, 6) is 0. The number of rotatable bonds is 1. The standard InChI is InChI=1S/C10H14N2O2/c1-6(2)8-7(3)9(13)12(5)10(14)11(8)4/h1H2,2-5H3. The first-order chi connectivity index (χ1) is 6.37. The van der Waals surface area contributed by atoms with Crippen LogP contribution in [-0.4, -0.2) is 9.13 Å². The lowest BCUT2D eigenvalue weighted by Crippen LogP contribution is -2.39. The summed E-state index contributed by atoms with van der Waals surface area (Å²) in [6.45, 7) is 7.23. The van der Waals surface area contributed by atoms with Crippen LogP contribution >= 0.6 is 0 Å². The van der Waals surface area contributed by atoms with E-state index in [2.05, 4.69) is 6.58 Å². The molecular weight excluding hydrogens is 180 g/mol. The molecule has 1 aromatic heterocycles. The van der Waals surface area contributed by atoms with Crippen molar-refractivity contribution in [2.75, 3.05) is 0 Å². The predicted octanol–water partition coefficient (Wildman–Crippen LogP) is 0.426. The molecule has 0 N–H and O–H groups in total. The molecule has 0 saturated heterocycles. The minimum Gasteiger partial charge on any atom is -0.296 e. The topological polar surface area (TPSA) is 44.0 Å². The van der Waals surface area contributed by atoms with E-state index in [0.29, 0.717) is 11.3 Å². The van der Waals surface area contributed by atoms with Crippen molar-refractivity contribution < 1.29 is 0 Å². The van der Waals surface area contributed by atoms with E-state index in [4.69, 9.17) is 0 Å². The summed E-state index contributed by atoms with van der Waals surface area (Å²) >= 11 is 0. The normalized spacial score (nSPS) is 10.3. The van der Waals surface area contributed by atoms with Gasteiger partial charge in [-0.15, -0.1) is 0 Å². The van der Waals surface area contributed by atoms with Gasteiger partial charge >= 0.3 is 5.69 Å². The number of allylic oxidation sites excluding steroid dienone is 1. The molecule has 4 nitrogen and oxygen atoms in total. The molecule has 0 aromatic carbocycles. The highest BCUT2D eigenvalue weighted by atomic mass is 16.2. The van der Waals surface area contributed by atoms with Crippen molar-refractivity contribution in [3.8, 4) is 0 Å². The molecule has 0 unspecified atom stereocenters. The molecule has 0 radical (unpaired) electrons. The Morgan fingerprint density at radius 1 is 1.21 bits per heavy atom. The van der Waals surface area contributed by atoms with Crippen LogP contribution in [0.1, 0.15) is 18.2 Å². The van der Waals surface area contributed by atoms with Gasteiger partial charge in [-0.1, -0.05) is 6.58 Å². The maximum absolute atomic E-state index is 11.6. The maximum atomic E-state index is 11.6. The van der Waals surface area contributed by atoms with Crippen LogP contribution < -0.4 is 11.2 Å². The van der Waals surface area contributed by atoms with Crippen molar-refractivity contribution in [1.82, 2.24) is 9.13 Å². The van der Waals surface area contributed by atoms with Crippen LogP contribution in [0.3, 0.4) is 0 Å². The Morgan fingerprint density at radius 3 is 2.14 bits per heavy atom. The van der Waals surface area contributed by atoms with Crippen LogP contribution in [0.15, 0.2) is 16.2 Å². The highest BCUT2D eigenvalue weighted by Crippen LogP contribution is 2.10. The molecule has 0 spiro atoms. The molecule has 76 valence electrons. The molecule has 14 heavy (non-hydrogen) atoms. The van der Waals surface area contributed by atoms with E-state index in [-0.39, 0.29) is 11.2 Å². The molecule has 0 atom stereocenters. The van der Waals surface area contributed by atoms with Crippen LogP contribution in [0, 0.1) is 6.92 Å². The summed E-state index contributed by atoms with van der Waals surface area (Å²) in [4.78, 5) is 23.1. The Balaban J connectivity index is 3.88. The summed E-state index contributed by atoms with van der Waals surface area (Å²) in [5.41, 5.74) is 1.32. The van der Waals surface area contributed by atoms with Crippen molar-refractivity contribution in [2.45, 2.75) is 13.8 Å². The fraction of sp³-hybridized carbons (Fsp3) is 0.400. The average Bonchev–Trinajstić information content (AvgIpc) is 2.11. The third-order valence-corrected chi connectivity index (χ3v) is 2.29. The Labute approximate surface area is 82.1 Å². The molecule has 0 aliphatic carbocycles. The zero-order valence-electron chi connectivity index (χ0n) is 8.92. The molecule has 0 saturated carbocycles. The molecule has 0 aliphatic rings. The van der Waals surface area contributed by atoms with E-state index < -0.39 is 0 Å². The molecule has 0 fully saturated rings. The number of hydrogen-bond acceptors (Lipinski definition) is 2. The van der Waals surface area contributed by atoms with Crippen molar-refractivity contribution in [3.05, 3.63) is 38.7 Å². The zero-order chi connectivity index (χ0) is 11.0. The number of hydrogen-bond donors (Lipinski definition) is 0. The molecule has 1 aromatic rings. The number of aromatic nitrogens is 2. The highest BCUT2D eigenvalue weighted by molar-refractivity contribution is 5.60. The van der Waals surface area contributed by atoms with Gasteiger partial charge in [0.1, 0.15) is 0 Å². The third-order valence-electron chi connectivity index (χ3n) is 2.29. The van der Waals surface area contributed by atoms with Crippen LogP contribution in [0.2, 0.25) is 0 Å². The Kier molecular flexibility index (Phi) is 2.47. The first-order valence-corrected chi connectivity index (χ1v) is 4.30. The SMILES string of the molecule is C=C(C)c1c(C)c(=O)n(C)c(=O)n1C. The largest absolute Gasteiger partial charge is 0.330 e. The van der Waals surface area contributed by atoms with E-state index >= 15 is 0 Å². The Bertz CT molecular complexity index is 469. The molecule has 0 amide bonds. The molecule has 4 heteroatoms. The molecular formula is C10H14N2O2. The predicted molar refractivity (Wildman–Crippen MR) is 56.4 cm³/mol. The van der Waals surface area contributed by atoms with Gasteiger partial charge in [0.25, 0.3) is 5.56 Å². The minimum absolute atomic E-state index is 0.258. The van der Waals surface area contributed by atoms with Gasteiger partial charge in [-0.3, -0.25) is 13.9 Å². The lowest BCUT2D eigenvalue weighted by molar-refractivity contribution is 0.669. The quantitative estimate of drug-likeness (QED) is 0.650. The van der Waals surface area contributed by atoms with Gasteiger partial charge in [-0.25, -0.2) is 4.79 Å². The van der Waals surface area contributed by atoms with Crippen molar-refractivity contribution in [3.63, 3.8) is 0 Å². The van der Waals surface area contributed by atoms with Gasteiger partial charge in [-0.2, -0.15) is 0 Å². The summed E-state index contributed by atoms with van der Waals surface area (Å²) in [5, 5.41) is 0. The van der Waals surface area contributed by atoms with E-state index in [1.54, 1.807) is 20.9 Å². The van der Waals surface area contributed by atoms with Crippen LogP contribution in [0.4, 0.5) is 0 Å². The van der Waals surface area contributed by atoms with Crippen molar-refractivity contribution in [2.24, 2.45) is 14.1 Å². The minimum atomic E-state index is -0.321. The van der Waals surface area contributed by atoms with E-state index in [9.17, 15) is 9.59 Å². The third kappa shape index (κ3) is 1.32. The second-order valence-electron chi connectivity index (χ2n) is 3.46. The fourth-order valence-electron chi connectivity index (χ4n) is 1.62. The van der Waals surface area contributed by atoms with Gasteiger partial charge in [0.05, 0.1) is 5.69 Å². The molecule has 1 heterocycles. The number of nitrogens with zero attached hydrogens (tertiary/aromatic N) is 2. The van der Waals surface area contributed by atoms with Crippen LogP contribution in [0.5, 0.6) is 0 Å². The summed E-state index contributed by atoms with van der Waals surface area (Å²) in [6.07, 6.45) is 0. The maximum Gasteiger partial charge on any atom is 0.330 e. The van der Waals surface area contributed by atoms with E-state index in [1.165, 1.54) is 11.6 Å². The van der Waals surface area contributed by atoms with Gasteiger partial charge in [0, 0.05) is 19.7 Å². The lowest BCUT2D eigenvalue weighted by atomic mass is 10.1. The second kappa shape index (κ2) is 3.29. The van der Waals surface area contributed by atoms with E-state index in [0.717, 1.165) is 10.1 Å². The summed E-state index contributed by atoms with van der Waals surface area (Å²) < 4.78 is 2.54. The lowest BCUT2D eigenvalue weighted by Gasteiger charge is -2.12. The van der Waals surface area contributed by atoms with Crippen molar-refractivity contribution in [1.29, 1.82) is 0 Å². The zero-order valence-corrected chi connectivity index (χ0v) is 8.92. The highest BCUT2D eigenvalue weighted by Gasteiger charge is 2.11.